The van der Waals surface area contributed by atoms with Crippen LogP contribution in [-0.4, -0.2) is 130 Å². The molecular formula is C35H49BrN4O6. The Morgan fingerprint density at radius 2 is 1.80 bits per heavy atom. The number of nitrogens with zero attached hydrogens (tertiary/aromatic N) is 4. The van der Waals surface area contributed by atoms with Gasteiger partial charge in [0.2, 0.25) is 17.7 Å². The van der Waals surface area contributed by atoms with Gasteiger partial charge in [-0.15, -0.1) is 13.2 Å². The smallest absolute Gasteiger partial charge is 0.248 e. The monoisotopic (exact) mass is 700 g/mol. The first-order valence-electron chi connectivity index (χ1n) is 16.6. The number of amides is 3. The third-order valence-corrected chi connectivity index (χ3v) is 11.3. The van der Waals surface area contributed by atoms with Gasteiger partial charge >= 0.3 is 0 Å². The summed E-state index contributed by atoms with van der Waals surface area (Å²) in [7, 11) is 0. The quantitative estimate of drug-likeness (QED) is 0.222. The van der Waals surface area contributed by atoms with E-state index in [1.54, 1.807) is 26.9 Å². The van der Waals surface area contributed by atoms with Crippen LogP contribution in [-0.2, 0) is 30.4 Å². The van der Waals surface area contributed by atoms with Gasteiger partial charge in [-0.05, 0) is 17.9 Å². The van der Waals surface area contributed by atoms with E-state index in [2.05, 4.69) is 34.0 Å². The molecule has 4 saturated heterocycles. The molecule has 4 fully saturated rings. The number of carbonyl (C=O) groups excluding carboxylic acids is 3. The second-order valence-electron chi connectivity index (χ2n) is 13.1. The SMILES string of the molecule is C=CCN(CCN1CCOCC1)C(=O)C1N([C@@H](CO)[C@@H](C)CC)C(=O)[C@@H]2[C@H](C(=O)N(CC=C)Cc3ccccc3)[C@H]3OC12CC3Br. The second-order valence-corrected chi connectivity index (χ2v) is 14.2. The highest BCUT2D eigenvalue weighted by Crippen LogP contribution is 2.61. The van der Waals surface area contributed by atoms with Crippen LogP contribution in [0.4, 0.5) is 0 Å². The van der Waals surface area contributed by atoms with Crippen molar-refractivity contribution in [3.8, 4) is 0 Å². The largest absolute Gasteiger partial charge is 0.394 e. The fourth-order valence-electron chi connectivity index (χ4n) is 7.91. The highest BCUT2D eigenvalue weighted by atomic mass is 79.9. The molecule has 1 spiro atoms. The van der Waals surface area contributed by atoms with Crippen LogP contribution in [0.5, 0.6) is 0 Å². The van der Waals surface area contributed by atoms with Crippen LogP contribution in [0.3, 0.4) is 0 Å². The average Bonchev–Trinajstić information content (AvgIpc) is 3.66. The number of halogens is 1. The van der Waals surface area contributed by atoms with Crippen LogP contribution in [0.25, 0.3) is 0 Å². The normalized spacial score (nSPS) is 30.1. The highest BCUT2D eigenvalue weighted by molar-refractivity contribution is 9.09. The van der Waals surface area contributed by atoms with E-state index in [0.29, 0.717) is 58.8 Å². The van der Waals surface area contributed by atoms with Crippen molar-refractivity contribution >= 4 is 33.7 Å². The molecule has 4 heterocycles. The van der Waals surface area contributed by atoms with Gasteiger partial charge in [-0.25, -0.2) is 0 Å². The van der Waals surface area contributed by atoms with Gasteiger partial charge in [0.1, 0.15) is 11.6 Å². The Morgan fingerprint density at radius 3 is 2.43 bits per heavy atom. The number of rotatable bonds is 15. The summed E-state index contributed by atoms with van der Waals surface area (Å²) >= 11 is 3.80. The maximum absolute atomic E-state index is 14.8. The Hall–Kier alpha value is -2.57. The van der Waals surface area contributed by atoms with E-state index in [1.165, 1.54) is 0 Å². The molecule has 0 aliphatic carbocycles. The van der Waals surface area contributed by atoms with Gasteiger partial charge in [-0.2, -0.15) is 0 Å². The summed E-state index contributed by atoms with van der Waals surface area (Å²) in [4.78, 5) is 51.2. The van der Waals surface area contributed by atoms with Crippen molar-refractivity contribution in [1.29, 1.82) is 0 Å². The molecule has 0 radical (unpaired) electrons. The maximum Gasteiger partial charge on any atom is 0.248 e. The minimum atomic E-state index is -1.21. The van der Waals surface area contributed by atoms with Gasteiger partial charge in [0.25, 0.3) is 0 Å². The molecule has 10 nitrogen and oxygen atoms in total. The lowest BCUT2D eigenvalue weighted by Crippen LogP contribution is -2.60. The van der Waals surface area contributed by atoms with E-state index in [-0.39, 0.29) is 35.1 Å². The summed E-state index contributed by atoms with van der Waals surface area (Å²) < 4.78 is 12.3. The number of likely N-dealkylation sites (tertiary alicyclic amines) is 1. The Balaban J connectivity index is 1.52. The number of hydrogen-bond donors (Lipinski definition) is 1. The summed E-state index contributed by atoms with van der Waals surface area (Å²) in [5, 5.41) is 10.7. The minimum absolute atomic E-state index is 0.0813. The minimum Gasteiger partial charge on any atom is -0.394 e. The Morgan fingerprint density at radius 1 is 1.13 bits per heavy atom. The number of ether oxygens (including phenoxy) is 2. The molecule has 4 aliphatic rings. The van der Waals surface area contributed by atoms with E-state index in [1.807, 2.05) is 44.2 Å². The lowest BCUT2D eigenvalue weighted by Gasteiger charge is -2.41. The number of benzene rings is 1. The molecule has 8 atom stereocenters. The summed E-state index contributed by atoms with van der Waals surface area (Å²) in [6.45, 7) is 16.5. The molecule has 3 unspecified atom stereocenters. The predicted molar refractivity (Wildman–Crippen MR) is 179 cm³/mol. The zero-order valence-electron chi connectivity index (χ0n) is 27.1. The second kappa shape index (κ2) is 15.1. The van der Waals surface area contributed by atoms with Gasteiger partial charge < -0.3 is 29.3 Å². The number of fused-ring (bicyclic) bond motifs is 1. The molecule has 2 bridgehead atoms. The fourth-order valence-corrected chi connectivity index (χ4v) is 8.85. The van der Waals surface area contributed by atoms with E-state index in [4.69, 9.17) is 9.47 Å². The van der Waals surface area contributed by atoms with Crippen molar-refractivity contribution in [3.05, 3.63) is 61.2 Å². The fraction of sp³-hybridized carbons (Fsp3) is 0.629. The molecule has 1 aromatic rings. The van der Waals surface area contributed by atoms with Crippen LogP contribution in [0.1, 0.15) is 32.3 Å². The lowest BCUT2D eigenvalue weighted by molar-refractivity contribution is -0.153. The van der Waals surface area contributed by atoms with Crippen molar-refractivity contribution in [2.45, 2.75) is 61.8 Å². The van der Waals surface area contributed by atoms with Crippen LogP contribution in [0.15, 0.2) is 55.6 Å². The number of morpholine rings is 1. The van der Waals surface area contributed by atoms with Crippen molar-refractivity contribution in [3.63, 3.8) is 0 Å². The molecular weight excluding hydrogens is 652 g/mol. The van der Waals surface area contributed by atoms with E-state index >= 15 is 0 Å². The standard InChI is InChI=1S/C35H49BrN4O6/c1-5-13-38(16-15-37-17-19-45-20-18-37)34(44)31-35-21-26(36)30(46-35)28(29(35)33(43)40(31)27(23-41)24(4)7-3)32(42)39(14-6-2)22-25-11-9-8-10-12-25/h5-6,8-12,24,26-31,41H,1-2,7,13-23H2,3-4H3/t24-,26?,27-,28-,29-,30-,31?,35?/m0/s1. The van der Waals surface area contributed by atoms with E-state index in [9.17, 15) is 19.5 Å². The predicted octanol–water partition coefficient (Wildman–Crippen LogP) is 2.70. The van der Waals surface area contributed by atoms with E-state index < -0.39 is 35.6 Å². The summed E-state index contributed by atoms with van der Waals surface area (Å²) in [6.07, 6.45) is 3.94. The Kier molecular flexibility index (Phi) is 11.4. The average molecular weight is 702 g/mol. The van der Waals surface area contributed by atoms with Crippen LogP contribution >= 0.6 is 15.9 Å². The van der Waals surface area contributed by atoms with Gasteiger partial charge in [-0.1, -0.05) is 78.7 Å². The number of aliphatic hydroxyl groups excluding tert-OH is 1. The number of aliphatic hydroxyl groups is 1. The molecule has 5 rings (SSSR count). The molecule has 4 aliphatic heterocycles. The maximum atomic E-state index is 14.8. The summed E-state index contributed by atoms with van der Waals surface area (Å²) in [6, 6.07) is 8.15. The third kappa shape index (κ3) is 6.45. The first kappa shape index (κ1) is 34.8. The van der Waals surface area contributed by atoms with Gasteiger partial charge in [0.15, 0.2) is 0 Å². The molecule has 3 amide bonds. The number of hydrogen-bond acceptors (Lipinski definition) is 7. The molecule has 46 heavy (non-hydrogen) atoms. The Labute approximate surface area is 281 Å². The van der Waals surface area contributed by atoms with E-state index in [0.717, 1.165) is 18.7 Å². The molecule has 252 valence electrons. The summed E-state index contributed by atoms with van der Waals surface area (Å²) in [5.74, 6) is -2.42. The molecule has 1 N–H and O–H groups in total. The van der Waals surface area contributed by atoms with Crippen LogP contribution < -0.4 is 0 Å². The Bertz CT molecular complexity index is 1260. The highest BCUT2D eigenvalue weighted by Gasteiger charge is 2.77. The number of alkyl halides is 1. The zero-order valence-corrected chi connectivity index (χ0v) is 28.7. The van der Waals surface area contributed by atoms with Crippen molar-refractivity contribution in [2.75, 3.05) is 59.1 Å². The summed E-state index contributed by atoms with van der Waals surface area (Å²) in [5.41, 5.74) is -0.240. The van der Waals surface area contributed by atoms with Crippen LogP contribution in [0.2, 0.25) is 0 Å². The molecule has 0 aromatic heterocycles. The number of carbonyl (C=O) groups is 3. The lowest BCUT2D eigenvalue weighted by atomic mass is 9.70. The van der Waals surface area contributed by atoms with Crippen LogP contribution in [0, 0.1) is 17.8 Å². The molecule has 1 aromatic carbocycles. The zero-order chi connectivity index (χ0) is 33.0. The topological polar surface area (TPSA) is 103 Å². The van der Waals surface area contributed by atoms with Crippen molar-refractivity contribution < 1.29 is 29.0 Å². The van der Waals surface area contributed by atoms with Gasteiger partial charge in [0, 0.05) is 50.6 Å². The molecule has 0 saturated carbocycles. The van der Waals surface area contributed by atoms with Crippen molar-refractivity contribution in [1.82, 2.24) is 19.6 Å². The van der Waals surface area contributed by atoms with Crippen molar-refractivity contribution in [2.24, 2.45) is 17.8 Å². The molecule has 11 heteroatoms. The van der Waals surface area contributed by atoms with Gasteiger partial charge in [-0.3, -0.25) is 19.3 Å². The first-order chi connectivity index (χ1) is 22.2. The third-order valence-electron chi connectivity index (χ3n) is 10.4. The van der Waals surface area contributed by atoms with Gasteiger partial charge in [0.05, 0.1) is 43.8 Å². The first-order valence-corrected chi connectivity index (χ1v) is 17.5.